The van der Waals surface area contributed by atoms with Gasteiger partial charge in [0.25, 0.3) is 0 Å². The summed E-state index contributed by atoms with van der Waals surface area (Å²) >= 11 is 0. The average molecular weight is 342 g/mol. The largest absolute Gasteiger partial charge is 0.337 e. The van der Waals surface area contributed by atoms with E-state index in [0.29, 0.717) is 6.54 Å². The molecule has 5 heteroatoms. The summed E-state index contributed by atoms with van der Waals surface area (Å²) in [5, 5.41) is 12.2. The second-order valence-corrected chi connectivity index (χ2v) is 7.56. The molecule has 1 amide bonds. The topological polar surface area (TPSA) is 59.4 Å². The lowest BCUT2D eigenvalue weighted by Gasteiger charge is -2.35. The molecule has 0 bridgehead atoms. The highest BCUT2D eigenvalue weighted by Gasteiger charge is 2.30. The summed E-state index contributed by atoms with van der Waals surface area (Å²) in [6, 6.07) is 10.8. The van der Waals surface area contributed by atoms with Crippen LogP contribution in [0.2, 0.25) is 0 Å². The second-order valence-electron chi connectivity index (χ2n) is 7.56. The van der Waals surface area contributed by atoms with Gasteiger partial charge in [-0.1, -0.05) is 43.7 Å². The molecule has 1 N–H and O–H groups in total. The van der Waals surface area contributed by atoms with E-state index in [1.807, 2.05) is 13.8 Å². The number of amides is 1. The molecular formula is C20H30N4O. The van der Waals surface area contributed by atoms with Gasteiger partial charge in [-0.25, -0.2) is 0 Å². The molecule has 1 saturated heterocycles. The van der Waals surface area contributed by atoms with Gasteiger partial charge in [0, 0.05) is 32.7 Å². The summed E-state index contributed by atoms with van der Waals surface area (Å²) in [7, 11) is 0. The third-order valence-corrected chi connectivity index (χ3v) is 5.11. The standard InChI is InChI=1S/C20H30N4O/c1-16(2)20(4,15-21)22-19(25)14-24-10-8-23(9-11-24)13-18-7-5-6-17(3)12-18/h5-7,12,16H,8-11,13-14H2,1-4H3,(H,22,25)/t20-/m0/s1. The number of piperazine rings is 1. The predicted molar refractivity (Wildman–Crippen MR) is 99.9 cm³/mol. The fraction of sp³-hybridized carbons (Fsp3) is 0.600. The minimum absolute atomic E-state index is 0.0649. The van der Waals surface area contributed by atoms with Crippen molar-refractivity contribution in [1.29, 1.82) is 5.26 Å². The molecule has 1 aromatic rings. The van der Waals surface area contributed by atoms with Gasteiger partial charge in [-0.3, -0.25) is 14.6 Å². The van der Waals surface area contributed by atoms with Crippen molar-refractivity contribution in [3.63, 3.8) is 0 Å². The number of hydrogen-bond acceptors (Lipinski definition) is 4. The van der Waals surface area contributed by atoms with Gasteiger partial charge in [-0.2, -0.15) is 5.26 Å². The Labute approximate surface area is 151 Å². The Morgan fingerprint density at radius 3 is 2.48 bits per heavy atom. The van der Waals surface area contributed by atoms with E-state index in [0.717, 1.165) is 32.7 Å². The molecule has 0 unspecified atom stereocenters. The van der Waals surface area contributed by atoms with Crippen LogP contribution in [0.15, 0.2) is 24.3 Å². The first-order valence-corrected chi connectivity index (χ1v) is 9.05. The van der Waals surface area contributed by atoms with Gasteiger partial charge < -0.3 is 5.32 Å². The van der Waals surface area contributed by atoms with Gasteiger partial charge in [-0.05, 0) is 25.3 Å². The predicted octanol–water partition coefficient (Wildman–Crippen LogP) is 2.17. The van der Waals surface area contributed by atoms with Crippen molar-refractivity contribution in [3.8, 4) is 6.07 Å². The molecule has 0 aromatic heterocycles. The van der Waals surface area contributed by atoms with Crippen LogP contribution in [0.3, 0.4) is 0 Å². The van der Waals surface area contributed by atoms with Crippen LogP contribution in [-0.2, 0) is 11.3 Å². The van der Waals surface area contributed by atoms with E-state index in [2.05, 4.69) is 52.4 Å². The van der Waals surface area contributed by atoms with Crippen LogP contribution in [-0.4, -0.2) is 54.0 Å². The highest BCUT2D eigenvalue weighted by Crippen LogP contribution is 2.15. The van der Waals surface area contributed by atoms with E-state index in [4.69, 9.17) is 0 Å². The number of rotatable bonds is 6. The van der Waals surface area contributed by atoms with Crippen LogP contribution in [0.5, 0.6) is 0 Å². The number of carbonyl (C=O) groups excluding carboxylic acids is 1. The minimum Gasteiger partial charge on any atom is -0.337 e. The molecule has 1 heterocycles. The Bertz CT molecular complexity index is 629. The number of carbonyl (C=O) groups is 1. The molecule has 5 nitrogen and oxygen atoms in total. The molecule has 0 radical (unpaired) electrons. The molecule has 0 saturated carbocycles. The van der Waals surface area contributed by atoms with Crippen molar-refractivity contribution in [3.05, 3.63) is 35.4 Å². The van der Waals surface area contributed by atoms with E-state index < -0.39 is 5.54 Å². The molecular weight excluding hydrogens is 312 g/mol. The molecule has 1 atom stereocenters. The molecule has 1 aliphatic heterocycles. The minimum atomic E-state index is -0.802. The summed E-state index contributed by atoms with van der Waals surface area (Å²) in [6.45, 7) is 12.8. The van der Waals surface area contributed by atoms with E-state index in [1.54, 1.807) is 6.92 Å². The number of nitriles is 1. The highest BCUT2D eigenvalue weighted by atomic mass is 16.2. The normalized spacial score (nSPS) is 18.6. The van der Waals surface area contributed by atoms with Gasteiger partial charge in [0.2, 0.25) is 5.91 Å². The first-order chi connectivity index (χ1) is 11.8. The Morgan fingerprint density at radius 2 is 1.92 bits per heavy atom. The van der Waals surface area contributed by atoms with Crippen LogP contribution >= 0.6 is 0 Å². The van der Waals surface area contributed by atoms with E-state index in [9.17, 15) is 10.1 Å². The average Bonchev–Trinajstić information content (AvgIpc) is 2.56. The summed E-state index contributed by atoms with van der Waals surface area (Å²) in [6.07, 6.45) is 0. The molecule has 25 heavy (non-hydrogen) atoms. The van der Waals surface area contributed by atoms with Gasteiger partial charge in [-0.15, -0.1) is 0 Å². The van der Waals surface area contributed by atoms with Crippen molar-refractivity contribution >= 4 is 5.91 Å². The number of hydrogen-bond donors (Lipinski definition) is 1. The van der Waals surface area contributed by atoms with Crippen LogP contribution in [0.4, 0.5) is 0 Å². The summed E-state index contributed by atoms with van der Waals surface area (Å²) < 4.78 is 0. The van der Waals surface area contributed by atoms with Crippen molar-refractivity contribution in [2.45, 2.75) is 39.8 Å². The van der Waals surface area contributed by atoms with Crippen LogP contribution < -0.4 is 5.32 Å². The first kappa shape index (κ1) is 19.4. The Balaban J connectivity index is 1.78. The van der Waals surface area contributed by atoms with Crippen LogP contribution in [0.1, 0.15) is 31.9 Å². The molecule has 0 spiro atoms. The monoisotopic (exact) mass is 342 g/mol. The number of aryl methyl sites for hydroxylation is 1. The van der Waals surface area contributed by atoms with Crippen molar-refractivity contribution in [2.75, 3.05) is 32.7 Å². The van der Waals surface area contributed by atoms with Crippen LogP contribution in [0.25, 0.3) is 0 Å². The Hall–Kier alpha value is -1.90. The summed E-state index contributed by atoms with van der Waals surface area (Å²) in [4.78, 5) is 16.9. The quantitative estimate of drug-likeness (QED) is 0.861. The molecule has 1 aliphatic rings. The van der Waals surface area contributed by atoms with Crippen molar-refractivity contribution < 1.29 is 4.79 Å². The molecule has 2 rings (SSSR count). The summed E-state index contributed by atoms with van der Waals surface area (Å²) in [5.41, 5.74) is 1.83. The summed E-state index contributed by atoms with van der Waals surface area (Å²) in [5.74, 6) is 0.0116. The molecule has 136 valence electrons. The van der Waals surface area contributed by atoms with E-state index in [1.165, 1.54) is 11.1 Å². The first-order valence-electron chi connectivity index (χ1n) is 9.05. The number of benzene rings is 1. The fourth-order valence-corrected chi connectivity index (χ4v) is 3.01. The van der Waals surface area contributed by atoms with Crippen molar-refractivity contribution in [2.24, 2.45) is 5.92 Å². The Kier molecular flexibility index (Phi) is 6.57. The van der Waals surface area contributed by atoms with E-state index >= 15 is 0 Å². The smallest absolute Gasteiger partial charge is 0.235 e. The van der Waals surface area contributed by atoms with Crippen LogP contribution in [0, 0.1) is 24.2 Å². The van der Waals surface area contributed by atoms with Gasteiger partial charge >= 0.3 is 0 Å². The zero-order valence-electron chi connectivity index (χ0n) is 15.9. The lowest BCUT2D eigenvalue weighted by Crippen LogP contribution is -2.54. The maximum Gasteiger partial charge on any atom is 0.235 e. The second kappa shape index (κ2) is 8.46. The Morgan fingerprint density at radius 1 is 1.28 bits per heavy atom. The fourth-order valence-electron chi connectivity index (χ4n) is 3.01. The zero-order chi connectivity index (χ0) is 18.4. The van der Waals surface area contributed by atoms with E-state index in [-0.39, 0.29) is 11.8 Å². The van der Waals surface area contributed by atoms with Gasteiger partial charge in [0.1, 0.15) is 5.54 Å². The molecule has 1 aromatic carbocycles. The number of nitrogens with zero attached hydrogens (tertiary/aromatic N) is 3. The third-order valence-electron chi connectivity index (χ3n) is 5.11. The lowest BCUT2D eigenvalue weighted by molar-refractivity contribution is -0.124. The number of nitrogens with one attached hydrogen (secondary N) is 1. The lowest BCUT2D eigenvalue weighted by atomic mass is 9.90. The molecule has 0 aliphatic carbocycles. The van der Waals surface area contributed by atoms with Crippen molar-refractivity contribution in [1.82, 2.24) is 15.1 Å². The molecule has 1 fully saturated rings. The maximum absolute atomic E-state index is 12.3. The van der Waals surface area contributed by atoms with Gasteiger partial charge in [0.05, 0.1) is 12.6 Å². The SMILES string of the molecule is Cc1cccc(CN2CCN(CC(=O)N[C@@](C)(C#N)C(C)C)CC2)c1. The highest BCUT2D eigenvalue weighted by molar-refractivity contribution is 5.79. The third kappa shape index (κ3) is 5.55. The van der Waals surface area contributed by atoms with Gasteiger partial charge in [0.15, 0.2) is 0 Å². The maximum atomic E-state index is 12.3. The zero-order valence-corrected chi connectivity index (χ0v) is 15.9.